The zero-order valence-electron chi connectivity index (χ0n) is 19.2. The maximum Gasteiger partial charge on any atom is 0.414 e. The number of amides is 3. The van der Waals surface area contributed by atoms with Gasteiger partial charge in [-0.15, -0.1) is 11.3 Å². The van der Waals surface area contributed by atoms with Gasteiger partial charge in [0, 0.05) is 12.2 Å². The van der Waals surface area contributed by atoms with Gasteiger partial charge in [0.05, 0.1) is 34.5 Å². The molecule has 34 heavy (non-hydrogen) atoms. The Kier molecular flexibility index (Phi) is 8.24. The molecule has 1 fully saturated rings. The van der Waals surface area contributed by atoms with Gasteiger partial charge >= 0.3 is 12.2 Å². The Morgan fingerprint density at radius 2 is 1.94 bits per heavy atom. The molecular weight excluding hydrogens is 482 g/mol. The molecule has 4 N–H and O–H groups in total. The number of hydrogen-bond donors (Lipinski definition) is 3. The van der Waals surface area contributed by atoms with Crippen LogP contribution in [0.3, 0.4) is 0 Å². The lowest BCUT2D eigenvalue weighted by Crippen LogP contribution is -2.40. The number of ether oxygens (including phenoxy) is 2. The topological polar surface area (TPSA) is 126 Å². The van der Waals surface area contributed by atoms with Crippen LogP contribution in [0.25, 0.3) is 0 Å². The van der Waals surface area contributed by atoms with E-state index in [0.717, 1.165) is 0 Å². The Morgan fingerprint density at radius 1 is 1.24 bits per heavy atom. The van der Waals surface area contributed by atoms with Crippen LogP contribution in [0.2, 0.25) is 4.34 Å². The van der Waals surface area contributed by atoms with Crippen LogP contribution in [-0.2, 0) is 9.47 Å². The maximum absolute atomic E-state index is 12.3. The van der Waals surface area contributed by atoms with E-state index in [-0.39, 0.29) is 12.5 Å². The van der Waals surface area contributed by atoms with Crippen molar-refractivity contribution in [1.82, 2.24) is 10.6 Å². The monoisotopic (exact) mass is 509 g/mol. The van der Waals surface area contributed by atoms with Crippen LogP contribution in [0.1, 0.15) is 30.4 Å². The molecule has 2 aromatic rings. The van der Waals surface area contributed by atoms with Crippen LogP contribution < -0.4 is 26.4 Å². The number of nitrogens with zero attached hydrogens (tertiary/aromatic N) is 2. The Bertz CT molecular complexity index is 1020. The minimum atomic E-state index is -0.567. The van der Waals surface area contributed by atoms with Gasteiger partial charge in [-0.25, -0.2) is 15.4 Å². The minimum Gasteiger partial charge on any atom is -0.444 e. The number of cyclic esters (lactones) is 1. The number of thiophene rings is 1. The second-order valence-corrected chi connectivity index (χ2v) is 10.3. The maximum atomic E-state index is 12.3. The van der Waals surface area contributed by atoms with Crippen molar-refractivity contribution in [2.75, 3.05) is 36.1 Å². The van der Waals surface area contributed by atoms with Gasteiger partial charge in [-0.1, -0.05) is 11.6 Å². The molecule has 0 saturated carbocycles. The van der Waals surface area contributed by atoms with Gasteiger partial charge in [0.25, 0.3) is 5.91 Å². The lowest BCUT2D eigenvalue weighted by molar-refractivity contribution is 0.0529. The Hall–Kier alpha value is -3.02. The molecule has 12 heteroatoms. The SMILES string of the molecule is CC(C)(C)OC(=O)NCCN(N)c1ccc(N2C[C@H](CNC(=O)c3ccc(Cl)s3)OC2=O)cc1. The number of carbonyl (C=O) groups is 3. The third kappa shape index (κ3) is 7.24. The number of alkyl carbamates (subject to hydrolysis) is 1. The third-order valence-corrected chi connectivity index (χ3v) is 5.91. The zero-order chi connectivity index (χ0) is 24.9. The number of nitrogens with two attached hydrogens (primary N) is 1. The second kappa shape index (κ2) is 10.9. The van der Waals surface area contributed by atoms with Gasteiger partial charge in [-0.3, -0.25) is 9.69 Å². The smallest absolute Gasteiger partial charge is 0.414 e. The summed E-state index contributed by atoms with van der Waals surface area (Å²) in [6, 6.07) is 10.4. The lowest BCUT2D eigenvalue weighted by Gasteiger charge is -2.22. The molecule has 1 aliphatic rings. The summed E-state index contributed by atoms with van der Waals surface area (Å²) in [4.78, 5) is 38.2. The average molecular weight is 510 g/mol. The van der Waals surface area contributed by atoms with Crippen molar-refractivity contribution < 1.29 is 23.9 Å². The van der Waals surface area contributed by atoms with E-state index in [1.165, 1.54) is 21.2 Å². The number of anilines is 2. The molecule has 184 valence electrons. The number of nitrogens with one attached hydrogen (secondary N) is 2. The highest BCUT2D eigenvalue weighted by molar-refractivity contribution is 7.18. The fourth-order valence-corrected chi connectivity index (χ4v) is 4.07. The molecule has 1 aromatic carbocycles. The van der Waals surface area contributed by atoms with Crippen LogP contribution in [0.4, 0.5) is 21.0 Å². The predicted molar refractivity (Wildman–Crippen MR) is 131 cm³/mol. The first-order chi connectivity index (χ1) is 16.0. The molecule has 0 bridgehead atoms. The lowest BCUT2D eigenvalue weighted by atomic mass is 10.2. The van der Waals surface area contributed by atoms with E-state index in [2.05, 4.69) is 10.6 Å². The van der Waals surface area contributed by atoms with Gasteiger partial charge < -0.3 is 25.1 Å². The molecule has 3 amide bonds. The second-order valence-electron chi connectivity index (χ2n) is 8.57. The summed E-state index contributed by atoms with van der Waals surface area (Å²) in [7, 11) is 0. The van der Waals surface area contributed by atoms with Crippen molar-refractivity contribution >= 4 is 52.4 Å². The normalized spacial score (nSPS) is 15.6. The van der Waals surface area contributed by atoms with Crippen molar-refractivity contribution in [3.63, 3.8) is 0 Å². The van der Waals surface area contributed by atoms with Crippen molar-refractivity contribution in [2.45, 2.75) is 32.5 Å². The largest absolute Gasteiger partial charge is 0.444 e. The van der Waals surface area contributed by atoms with E-state index in [4.69, 9.17) is 26.9 Å². The molecule has 0 aliphatic carbocycles. The molecule has 3 rings (SSSR count). The van der Waals surface area contributed by atoms with E-state index in [1.54, 1.807) is 57.2 Å². The summed E-state index contributed by atoms with van der Waals surface area (Å²) in [5.41, 5.74) is 0.788. The Balaban J connectivity index is 1.46. The van der Waals surface area contributed by atoms with E-state index >= 15 is 0 Å². The van der Waals surface area contributed by atoms with Crippen LogP contribution in [0.5, 0.6) is 0 Å². The number of halogens is 1. The number of hydrazine groups is 1. The molecule has 0 radical (unpaired) electrons. The van der Waals surface area contributed by atoms with Crippen LogP contribution in [-0.4, -0.2) is 56.0 Å². The van der Waals surface area contributed by atoms with Crippen molar-refractivity contribution in [1.29, 1.82) is 0 Å². The summed E-state index contributed by atoms with van der Waals surface area (Å²) >= 11 is 7.04. The Labute approximate surface area is 206 Å². The van der Waals surface area contributed by atoms with Crippen LogP contribution in [0, 0.1) is 0 Å². The highest BCUT2D eigenvalue weighted by Crippen LogP contribution is 2.25. The van der Waals surface area contributed by atoms with Crippen LogP contribution in [0.15, 0.2) is 36.4 Å². The van der Waals surface area contributed by atoms with Crippen molar-refractivity contribution in [2.24, 2.45) is 5.84 Å². The third-order valence-electron chi connectivity index (χ3n) is 4.68. The molecule has 0 spiro atoms. The first-order valence-corrected chi connectivity index (χ1v) is 11.8. The predicted octanol–water partition coefficient (Wildman–Crippen LogP) is 3.36. The van der Waals surface area contributed by atoms with Gasteiger partial charge in [-0.2, -0.15) is 0 Å². The summed E-state index contributed by atoms with van der Waals surface area (Å²) in [6.45, 7) is 6.53. The van der Waals surface area contributed by atoms with Gasteiger partial charge in [0.2, 0.25) is 0 Å². The van der Waals surface area contributed by atoms with Crippen molar-refractivity contribution in [3.05, 3.63) is 45.6 Å². The molecule has 10 nitrogen and oxygen atoms in total. The summed E-state index contributed by atoms with van der Waals surface area (Å²) in [6.07, 6.45) is -1.47. The Morgan fingerprint density at radius 3 is 2.56 bits per heavy atom. The van der Waals surface area contributed by atoms with Crippen molar-refractivity contribution in [3.8, 4) is 0 Å². The number of rotatable bonds is 8. The molecule has 1 aliphatic heterocycles. The summed E-state index contributed by atoms with van der Waals surface area (Å²) < 4.78 is 11.1. The van der Waals surface area contributed by atoms with Gasteiger partial charge in [0.1, 0.15) is 11.7 Å². The quantitative estimate of drug-likeness (QED) is 0.368. The van der Waals surface area contributed by atoms with E-state index in [0.29, 0.717) is 40.2 Å². The molecule has 1 atom stereocenters. The number of benzene rings is 1. The van der Waals surface area contributed by atoms with Gasteiger partial charge in [0.15, 0.2) is 0 Å². The highest BCUT2D eigenvalue weighted by atomic mass is 35.5. The highest BCUT2D eigenvalue weighted by Gasteiger charge is 2.32. The van der Waals surface area contributed by atoms with E-state index < -0.39 is 23.9 Å². The molecule has 2 heterocycles. The fourth-order valence-electron chi connectivity index (χ4n) is 3.11. The standard InChI is InChI=1S/C22H28ClN5O5S/c1-22(2,3)33-20(30)25-10-11-28(24)15-6-4-14(5-7-15)27-13-16(32-21(27)31)12-26-19(29)17-8-9-18(23)34-17/h4-9,16H,10-13,24H2,1-3H3,(H,25,30)(H,26,29)/t16-/m0/s1. The van der Waals surface area contributed by atoms with E-state index in [9.17, 15) is 14.4 Å². The summed E-state index contributed by atoms with van der Waals surface area (Å²) in [5.74, 6) is 5.80. The molecule has 1 saturated heterocycles. The van der Waals surface area contributed by atoms with Crippen LogP contribution >= 0.6 is 22.9 Å². The fraction of sp³-hybridized carbons (Fsp3) is 0.409. The minimum absolute atomic E-state index is 0.190. The van der Waals surface area contributed by atoms with E-state index in [1.807, 2.05) is 0 Å². The first-order valence-electron chi connectivity index (χ1n) is 10.6. The average Bonchev–Trinajstić information content (AvgIpc) is 3.36. The number of carbonyl (C=O) groups excluding carboxylic acids is 3. The molecule has 0 unspecified atom stereocenters. The first kappa shape index (κ1) is 25.6. The summed E-state index contributed by atoms with van der Waals surface area (Å²) in [5, 5.41) is 6.89. The van der Waals surface area contributed by atoms with Gasteiger partial charge in [-0.05, 0) is 57.2 Å². The molecule has 1 aromatic heterocycles. The number of hydrogen-bond acceptors (Lipinski definition) is 8. The zero-order valence-corrected chi connectivity index (χ0v) is 20.7. The molecular formula is C22H28ClN5O5S.